The van der Waals surface area contributed by atoms with Crippen LogP contribution in [0.4, 0.5) is 18.0 Å². The highest BCUT2D eigenvalue weighted by atomic mass is 19.4. The smallest absolute Gasteiger partial charge is 0.324 e. The highest BCUT2D eigenvalue weighted by Crippen LogP contribution is 2.32. The van der Waals surface area contributed by atoms with Crippen molar-refractivity contribution >= 4 is 6.03 Å². The number of carbonyl (C=O) groups excluding carboxylic acids is 1. The van der Waals surface area contributed by atoms with Gasteiger partial charge in [0.2, 0.25) is 5.82 Å². The molecule has 0 atom stereocenters. The number of carbonyl (C=O) groups is 1. The highest BCUT2D eigenvalue weighted by Gasteiger charge is 2.36. The number of nitrogens with zero attached hydrogens (tertiary/aromatic N) is 5. The number of hydrogen-bond acceptors (Lipinski definition) is 6. The number of halogens is 3. The van der Waals surface area contributed by atoms with Gasteiger partial charge in [-0.15, -0.1) is 0 Å². The van der Waals surface area contributed by atoms with Gasteiger partial charge in [0, 0.05) is 18.5 Å². The topological polar surface area (TPSA) is 94.1 Å². The van der Waals surface area contributed by atoms with Gasteiger partial charge in [0.15, 0.2) is 0 Å². The minimum Gasteiger partial charge on any atom is -0.324 e. The Balaban J connectivity index is 2.17. The molecule has 0 aromatic carbocycles. The van der Waals surface area contributed by atoms with E-state index in [0.29, 0.717) is 23.7 Å². The highest BCUT2D eigenvalue weighted by molar-refractivity contribution is 5.80. The lowest BCUT2D eigenvalue weighted by molar-refractivity contribution is -0.141. The van der Waals surface area contributed by atoms with E-state index in [4.69, 9.17) is 0 Å². The van der Waals surface area contributed by atoms with Crippen LogP contribution in [0, 0.1) is 0 Å². The predicted octanol–water partition coefficient (Wildman–Crippen LogP) is 2.67. The second kappa shape index (κ2) is 6.46. The minimum atomic E-state index is -4.73. The van der Waals surface area contributed by atoms with Crippen molar-refractivity contribution in [2.45, 2.75) is 45.2 Å². The zero-order valence-electron chi connectivity index (χ0n) is 15.0. The average molecular weight is 385 g/mol. The number of hydrogen-bond donors (Lipinski definition) is 0. The van der Waals surface area contributed by atoms with E-state index < -0.39 is 29.1 Å². The zero-order valence-corrected chi connectivity index (χ0v) is 15.0. The summed E-state index contributed by atoms with van der Waals surface area (Å²) in [7, 11) is 0. The van der Waals surface area contributed by atoms with E-state index in [1.54, 1.807) is 20.8 Å². The first-order chi connectivity index (χ1) is 12.5. The molecule has 0 spiro atoms. The molecule has 0 unspecified atom stereocenters. The van der Waals surface area contributed by atoms with Crippen LogP contribution in [-0.2, 0) is 11.6 Å². The second-order valence-electron chi connectivity index (χ2n) is 7.29. The molecule has 8 nitrogen and oxygen atoms in total. The molecule has 3 heterocycles. The van der Waals surface area contributed by atoms with Crippen LogP contribution in [0.3, 0.4) is 0 Å². The van der Waals surface area contributed by atoms with Crippen LogP contribution in [0.1, 0.15) is 45.1 Å². The molecular formula is C16H18F3N5O3. The molecule has 11 heteroatoms. The summed E-state index contributed by atoms with van der Waals surface area (Å²) >= 11 is 0. The molecule has 27 heavy (non-hydrogen) atoms. The summed E-state index contributed by atoms with van der Waals surface area (Å²) in [5, 5.41) is 3.50. The first-order valence-electron chi connectivity index (χ1n) is 8.33. The monoisotopic (exact) mass is 385 g/mol. The first-order valence-corrected chi connectivity index (χ1v) is 8.33. The molecule has 0 saturated carbocycles. The van der Waals surface area contributed by atoms with E-state index in [9.17, 15) is 22.8 Å². The predicted molar refractivity (Wildman–Crippen MR) is 87.1 cm³/mol. The van der Waals surface area contributed by atoms with Gasteiger partial charge in [0.25, 0.3) is 0 Å². The van der Waals surface area contributed by atoms with Crippen LogP contribution in [-0.4, -0.2) is 43.7 Å². The molecule has 0 aliphatic carbocycles. The van der Waals surface area contributed by atoms with Gasteiger partial charge in [-0.3, -0.25) is 4.52 Å². The van der Waals surface area contributed by atoms with E-state index in [0.717, 1.165) is 12.8 Å². The number of likely N-dealkylation sites (tertiary alicyclic amines) is 1. The van der Waals surface area contributed by atoms with Gasteiger partial charge in [0.1, 0.15) is 17.2 Å². The Hall–Kier alpha value is -2.72. The Kier molecular flexibility index (Phi) is 4.56. The maximum atomic E-state index is 13.3. The molecular weight excluding hydrogens is 367 g/mol. The van der Waals surface area contributed by atoms with Crippen molar-refractivity contribution in [3.8, 4) is 11.5 Å². The lowest BCUT2D eigenvalue weighted by Gasteiger charge is -2.19. The molecule has 1 fully saturated rings. The molecule has 2 aromatic rings. The summed E-state index contributed by atoms with van der Waals surface area (Å²) in [5.74, 6) is -1.55. The average Bonchev–Trinajstić information content (AvgIpc) is 3.22. The van der Waals surface area contributed by atoms with Gasteiger partial charge in [-0.05, 0) is 18.9 Å². The molecule has 2 aromatic heterocycles. The number of alkyl halides is 3. The van der Waals surface area contributed by atoms with E-state index in [-0.39, 0.29) is 17.3 Å². The summed E-state index contributed by atoms with van der Waals surface area (Å²) in [6.07, 6.45) is -3.17. The summed E-state index contributed by atoms with van der Waals surface area (Å²) < 4.78 is 45.0. The van der Waals surface area contributed by atoms with Crippen LogP contribution in [0.2, 0.25) is 0 Å². The fourth-order valence-electron chi connectivity index (χ4n) is 2.67. The van der Waals surface area contributed by atoms with Gasteiger partial charge in [-0.1, -0.05) is 25.9 Å². The Labute approximate surface area is 152 Å². The standard InChI is InChI=1S/C16H18F3N5O3/c1-15(2,3)12-20-9(8-10(21-12)16(17,18)19)11-22-27-14(26)24(11)13(25)23-6-4-5-7-23/h8H,4-7H2,1-3H3. The summed E-state index contributed by atoms with van der Waals surface area (Å²) in [4.78, 5) is 33.7. The first kappa shape index (κ1) is 19.1. The van der Waals surface area contributed by atoms with Crippen LogP contribution in [0.25, 0.3) is 11.5 Å². The lowest BCUT2D eigenvalue weighted by atomic mass is 9.95. The summed E-state index contributed by atoms with van der Waals surface area (Å²) in [5.41, 5.74) is -2.29. The summed E-state index contributed by atoms with van der Waals surface area (Å²) in [6, 6.07) is -0.0430. The van der Waals surface area contributed by atoms with Gasteiger partial charge in [-0.2, -0.15) is 17.7 Å². The third-order valence-corrected chi connectivity index (χ3v) is 4.09. The molecule has 1 saturated heterocycles. The largest absolute Gasteiger partial charge is 0.450 e. The maximum Gasteiger partial charge on any atom is 0.450 e. The Morgan fingerprint density at radius 2 is 1.78 bits per heavy atom. The molecule has 146 valence electrons. The van der Waals surface area contributed by atoms with E-state index in [1.807, 2.05) is 0 Å². The van der Waals surface area contributed by atoms with Crippen molar-refractivity contribution in [2.24, 2.45) is 0 Å². The fourth-order valence-corrected chi connectivity index (χ4v) is 2.67. The van der Waals surface area contributed by atoms with Gasteiger partial charge >= 0.3 is 18.0 Å². The minimum absolute atomic E-state index is 0.0945. The van der Waals surface area contributed by atoms with Gasteiger partial charge < -0.3 is 4.90 Å². The summed E-state index contributed by atoms with van der Waals surface area (Å²) in [6.45, 7) is 5.84. The Bertz CT molecular complexity index is 888. The van der Waals surface area contributed by atoms with Crippen molar-refractivity contribution in [3.63, 3.8) is 0 Å². The molecule has 0 radical (unpaired) electrons. The molecule has 1 aliphatic rings. The SMILES string of the molecule is CC(C)(C)c1nc(-c2noc(=O)n2C(=O)N2CCCC2)cc(C(F)(F)F)n1. The van der Waals surface area contributed by atoms with Crippen molar-refractivity contribution in [1.29, 1.82) is 0 Å². The van der Waals surface area contributed by atoms with E-state index in [1.165, 1.54) is 4.90 Å². The lowest BCUT2D eigenvalue weighted by Crippen LogP contribution is -2.37. The Morgan fingerprint density at radius 1 is 1.15 bits per heavy atom. The molecule has 1 amide bonds. The van der Waals surface area contributed by atoms with Crippen molar-refractivity contribution in [2.75, 3.05) is 13.1 Å². The van der Waals surface area contributed by atoms with Crippen molar-refractivity contribution < 1.29 is 22.5 Å². The third-order valence-electron chi connectivity index (χ3n) is 4.09. The van der Waals surface area contributed by atoms with Crippen molar-refractivity contribution in [3.05, 3.63) is 28.1 Å². The van der Waals surface area contributed by atoms with Crippen LogP contribution < -0.4 is 5.76 Å². The number of rotatable bonds is 1. The zero-order chi connectivity index (χ0) is 20.0. The quantitative estimate of drug-likeness (QED) is 0.749. The molecule has 3 rings (SSSR count). The second-order valence-corrected chi connectivity index (χ2v) is 7.29. The molecule has 0 bridgehead atoms. The van der Waals surface area contributed by atoms with Gasteiger partial charge in [-0.25, -0.2) is 19.6 Å². The van der Waals surface area contributed by atoms with Crippen LogP contribution >= 0.6 is 0 Å². The third kappa shape index (κ3) is 3.71. The van der Waals surface area contributed by atoms with Gasteiger partial charge in [0.05, 0.1) is 0 Å². The Morgan fingerprint density at radius 3 is 2.33 bits per heavy atom. The van der Waals surface area contributed by atoms with Crippen LogP contribution in [0.15, 0.2) is 15.4 Å². The number of amides is 1. The normalized spacial score (nSPS) is 15.4. The molecule has 0 N–H and O–H groups in total. The fraction of sp³-hybridized carbons (Fsp3) is 0.562. The van der Waals surface area contributed by atoms with Crippen LogP contribution in [0.5, 0.6) is 0 Å². The maximum absolute atomic E-state index is 13.3. The number of aromatic nitrogens is 4. The van der Waals surface area contributed by atoms with Crippen molar-refractivity contribution in [1.82, 2.24) is 24.6 Å². The van der Waals surface area contributed by atoms with E-state index >= 15 is 0 Å². The molecule has 1 aliphatic heterocycles. The van der Waals surface area contributed by atoms with E-state index in [2.05, 4.69) is 19.6 Å².